The molecule has 4 rings (SSSR count). The Morgan fingerprint density at radius 1 is 1.00 bits per heavy atom. The van der Waals surface area contributed by atoms with Crippen LogP contribution in [0.3, 0.4) is 0 Å². The molecule has 0 unspecified atom stereocenters. The third-order valence-corrected chi connectivity index (χ3v) is 5.40. The SMILES string of the molecule is O=C(Cc1c(F)cccc1Cl)Nc1cc(N2CCN(c3ccccc3)CC2)ncn1. The van der Waals surface area contributed by atoms with Gasteiger partial charge in [0.1, 0.15) is 23.8 Å². The molecule has 0 radical (unpaired) electrons. The van der Waals surface area contributed by atoms with Crippen molar-refractivity contribution in [1.82, 2.24) is 9.97 Å². The minimum absolute atomic E-state index is 0.166. The molecule has 3 aromatic rings. The minimum atomic E-state index is -0.502. The Hall–Kier alpha value is -3.19. The number of nitrogens with zero attached hydrogens (tertiary/aromatic N) is 4. The molecular weight excluding hydrogens is 405 g/mol. The molecule has 0 saturated carbocycles. The summed E-state index contributed by atoms with van der Waals surface area (Å²) in [4.78, 5) is 25.3. The molecule has 0 spiro atoms. The molecule has 6 nitrogen and oxygen atoms in total. The van der Waals surface area contributed by atoms with Crippen LogP contribution in [0.2, 0.25) is 5.02 Å². The second kappa shape index (κ2) is 9.09. The average Bonchev–Trinajstić information content (AvgIpc) is 2.77. The van der Waals surface area contributed by atoms with Gasteiger partial charge < -0.3 is 15.1 Å². The summed E-state index contributed by atoms with van der Waals surface area (Å²) in [6.07, 6.45) is 1.26. The summed E-state index contributed by atoms with van der Waals surface area (Å²) in [6, 6.07) is 16.4. The first-order chi connectivity index (χ1) is 14.6. The van der Waals surface area contributed by atoms with Crippen LogP contribution in [0.15, 0.2) is 60.9 Å². The molecule has 1 fully saturated rings. The summed E-state index contributed by atoms with van der Waals surface area (Å²) in [5.41, 5.74) is 1.38. The van der Waals surface area contributed by atoms with Gasteiger partial charge in [-0.25, -0.2) is 14.4 Å². The number of para-hydroxylation sites is 1. The number of nitrogens with one attached hydrogen (secondary N) is 1. The lowest BCUT2D eigenvalue weighted by Crippen LogP contribution is -2.46. The first-order valence-electron chi connectivity index (χ1n) is 9.70. The molecule has 2 aromatic carbocycles. The van der Waals surface area contributed by atoms with E-state index < -0.39 is 5.82 Å². The second-order valence-corrected chi connectivity index (χ2v) is 7.40. The van der Waals surface area contributed by atoms with Crippen LogP contribution in [0.4, 0.5) is 21.7 Å². The lowest BCUT2D eigenvalue weighted by molar-refractivity contribution is -0.115. The molecule has 1 aromatic heterocycles. The predicted octanol–water partition coefficient (Wildman–Crippen LogP) is 3.78. The fourth-order valence-electron chi connectivity index (χ4n) is 3.47. The number of amides is 1. The van der Waals surface area contributed by atoms with E-state index in [2.05, 4.69) is 37.2 Å². The number of aromatic nitrogens is 2. The van der Waals surface area contributed by atoms with Crippen molar-refractivity contribution in [1.29, 1.82) is 0 Å². The Balaban J connectivity index is 1.38. The van der Waals surface area contributed by atoms with E-state index >= 15 is 0 Å². The van der Waals surface area contributed by atoms with Gasteiger partial charge in [0.2, 0.25) is 5.91 Å². The Morgan fingerprint density at radius 3 is 2.47 bits per heavy atom. The Morgan fingerprint density at radius 2 is 1.73 bits per heavy atom. The highest BCUT2D eigenvalue weighted by atomic mass is 35.5. The van der Waals surface area contributed by atoms with Crippen molar-refractivity contribution in [3.63, 3.8) is 0 Å². The number of rotatable bonds is 5. The van der Waals surface area contributed by atoms with Crippen molar-refractivity contribution in [3.05, 3.63) is 77.3 Å². The number of piperazine rings is 1. The molecule has 1 N–H and O–H groups in total. The topological polar surface area (TPSA) is 61.4 Å². The highest BCUT2D eigenvalue weighted by molar-refractivity contribution is 6.31. The van der Waals surface area contributed by atoms with Crippen molar-refractivity contribution >= 4 is 34.8 Å². The maximum absolute atomic E-state index is 13.9. The molecule has 2 heterocycles. The molecule has 30 heavy (non-hydrogen) atoms. The number of benzene rings is 2. The van der Waals surface area contributed by atoms with Crippen LogP contribution in [0, 0.1) is 5.82 Å². The number of carbonyl (C=O) groups is 1. The van der Waals surface area contributed by atoms with E-state index in [0.29, 0.717) is 5.82 Å². The fraction of sp³-hybridized carbons (Fsp3) is 0.227. The second-order valence-electron chi connectivity index (χ2n) is 7.00. The molecule has 0 bridgehead atoms. The maximum atomic E-state index is 13.9. The van der Waals surface area contributed by atoms with Gasteiger partial charge in [0.15, 0.2) is 0 Å². The van der Waals surface area contributed by atoms with E-state index in [4.69, 9.17) is 11.6 Å². The standard InChI is InChI=1S/C22H21ClFN5O/c23-18-7-4-8-19(24)17(18)13-22(30)27-20-14-21(26-15-25-20)29-11-9-28(10-12-29)16-5-2-1-3-6-16/h1-8,14-15H,9-13H2,(H,25,26,27,30). The van der Waals surface area contributed by atoms with Crippen molar-refractivity contribution in [3.8, 4) is 0 Å². The number of hydrogen-bond donors (Lipinski definition) is 1. The quantitative estimate of drug-likeness (QED) is 0.674. The summed E-state index contributed by atoms with van der Waals surface area (Å²) >= 11 is 6.00. The maximum Gasteiger partial charge on any atom is 0.230 e. The van der Waals surface area contributed by atoms with Gasteiger partial charge in [0, 0.05) is 48.5 Å². The molecule has 0 aliphatic carbocycles. The highest BCUT2D eigenvalue weighted by Crippen LogP contribution is 2.22. The smallest absolute Gasteiger partial charge is 0.230 e. The normalized spacial score (nSPS) is 13.9. The van der Waals surface area contributed by atoms with Gasteiger partial charge in [0.25, 0.3) is 0 Å². The molecule has 1 amide bonds. The van der Waals surface area contributed by atoms with Gasteiger partial charge in [-0.05, 0) is 24.3 Å². The van der Waals surface area contributed by atoms with E-state index in [-0.39, 0.29) is 22.9 Å². The van der Waals surface area contributed by atoms with Crippen molar-refractivity contribution < 1.29 is 9.18 Å². The van der Waals surface area contributed by atoms with Crippen LogP contribution in [0.5, 0.6) is 0 Å². The lowest BCUT2D eigenvalue weighted by atomic mass is 10.1. The molecule has 8 heteroatoms. The van der Waals surface area contributed by atoms with Gasteiger partial charge in [-0.3, -0.25) is 4.79 Å². The molecule has 1 aliphatic rings. The van der Waals surface area contributed by atoms with Crippen LogP contribution >= 0.6 is 11.6 Å². The molecule has 154 valence electrons. The highest BCUT2D eigenvalue weighted by Gasteiger charge is 2.19. The summed E-state index contributed by atoms with van der Waals surface area (Å²) in [5, 5.41) is 2.93. The first kappa shape index (κ1) is 20.1. The van der Waals surface area contributed by atoms with E-state index in [0.717, 1.165) is 32.0 Å². The van der Waals surface area contributed by atoms with Crippen molar-refractivity contribution in [2.45, 2.75) is 6.42 Å². The Labute approximate surface area is 179 Å². The fourth-order valence-corrected chi connectivity index (χ4v) is 3.70. The number of anilines is 3. The summed E-state index contributed by atoms with van der Waals surface area (Å²) in [7, 11) is 0. The zero-order valence-electron chi connectivity index (χ0n) is 16.3. The zero-order chi connectivity index (χ0) is 20.9. The molecular formula is C22H21ClFN5O. The Kier molecular flexibility index (Phi) is 6.09. The van der Waals surface area contributed by atoms with Crippen LogP contribution in [-0.4, -0.2) is 42.1 Å². The summed E-state index contributed by atoms with van der Waals surface area (Å²) < 4.78 is 13.9. The van der Waals surface area contributed by atoms with E-state index in [1.807, 2.05) is 18.2 Å². The molecule has 1 saturated heterocycles. The lowest BCUT2D eigenvalue weighted by Gasteiger charge is -2.36. The van der Waals surface area contributed by atoms with Gasteiger partial charge >= 0.3 is 0 Å². The predicted molar refractivity (Wildman–Crippen MR) is 117 cm³/mol. The Bertz CT molecular complexity index is 1000. The van der Waals surface area contributed by atoms with E-state index in [9.17, 15) is 9.18 Å². The monoisotopic (exact) mass is 425 g/mol. The first-order valence-corrected chi connectivity index (χ1v) is 10.1. The van der Waals surface area contributed by atoms with Crippen LogP contribution < -0.4 is 15.1 Å². The molecule has 0 atom stereocenters. The largest absolute Gasteiger partial charge is 0.368 e. The summed E-state index contributed by atoms with van der Waals surface area (Å²) in [6.45, 7) is 3.37. The third kappa shape index (κ3) is 4.68. The average molecular weight is 426 g/mol. The van der Waals surface area contributed by atoms with Crippen molar-refractivity contribution in [2.75, 3.05) is 41.3 Å². The number of halogens is 2. The van der Waals surface area contributed by atoms with Crippen LogP contribution in [0.1, 0.15) is 5.56 Å². The van der Waals surface area contributed by atoms with Crippen LogP contribution in [0.25, 0.3) is 0 Å². The van der Waals surface area contributed by atoms with E-state index in [1.54, 1.807) is 12.1 Å². The van der Waals surface area contributed by atoms with E-state index in [1.165, 1.54) is 24.1 Å². The molecule has 1 aliphatic heterocycles. The van der Waals surface area contributed by atoms with Crippen LogP contribution in [-0.2, 0) is 11.2 Å². The third-order valence-electron chi connectivity index (χ3n) is 5.04. The van der Waals surface area contributed by atoms with Gasteiger partial charge in [-0.2, -0.15) is 0 Å². The van der Waals surface area contributed by atoms with Crippen molar-refractivity contribution in [2.24, 2.45) is 0 Å². The number of carbonyl (C=O) groups excluding carboxylic acids is 1. The van der Waals surface area contributed by atoms with Gasteiger partial charge in [-0.1, -0.05) is 35.9 Å². The van der Waals surface area contributed by atoms with Gasteiger partial charge in [-0.15, -0.1) is 0 Å². The minimum Gasteiger partial charge on any atom is -0.368 e. The van der Waals surface area contributed by atoms with Gasteiger partial charge in [0.05, 0.1) is 6.42 Å². The number of hydrogen-bond acceptors (Lipinski definition) is 5. The summed E-state index contributed by atoms with van der Waals surface area (Å²) in [5.74, 6) is 0.234. The zero-order valence-corrected chi connectivity index (χ0v) is 17.0.